The third-order valence-corrected chi connectivity index (χ3v) is 4.54. The van der Waals surface area contributed by atoms with Crippen LogP contribution >= 0.6 is 11.6 Å². The molecule has 5 nitrogen and oxygen atoms in total. The molecule has 28 heavy (non-hydrogen) atoms. The first-order valence-corrected chi connectivity index (χ1v) is 9.61. The normalized spacial score (nSPS) is 11.8. The van der Waals surface area contributed by atoms with Crippen LogP contribution < -0.4 is 10.1 Å². The van der Waals surface area contributed by atoms with Gasteiger partial charge in [-0.1, -0.05) is 55.8 Å². The lowest BCUT2D eigenvalue weighted by Gasteiger charge is -2.26. The Hall–Kier alpha value is -2.53. The molecule has 2 amide bonds. The molecule has 0 bridgehead atoms. The van der Waals surface area contributed by atoms with Crippen LogP contribution in [-0.4, -0.2) is 30.9 Å². The van der Waals surface area contributed by atoms with Gasteiger partial charge in [0.2, 0.25) is 11.8 Å². The van der Waals surface area contributed by atoms with E-state index in [4.69, 9.17) is 16.3 Å². The van der Waals surface area contributed by atoms with E-state index in [0.717, 1.165) is 11.1 Å². The monoisotopic (exact) mass is 402 g/mol. The topological polar surface area (TPSA) is 58.6 Å². The van der Waals surface area contributed by atoms with E-state index in [-0.39, 0.29) is 17.7 Å². The Labute approximate surface area is 171 Å². The molecule has 0 saturated heterocycles. The smallest absolute Gasteiger partial charge is 0.249 e. The highest BCUT2D eigenvalue weighted by Gasteiger charge is 2.26. The van der Waals surface area contributed by atoms with Crippen LogP contribution in [0.1, 0.15) is 37.4 Å². The number of amides is 2. The molecule has 1 N–H and O–H groups in total. The number of hydrogen-bond donors (Lipinski definition) is 1. The predicted molar refractivity (Wildman–Crippen MR) is 111 cm³/mol. The van der Waals surface area contributed by atoms with Crippen molar-refractivity contribution in [3.8, 4) is 5.75 Å². The number of hydrogen-bond acceptors (Lipinski definition) is 3. The van der Waals surface area contributed by atoms with Gasteiger partial charge in [0.1, 0.15) is 11.8 Å². The van der Waals surface area contributed by atoms with Crippen LogP contribution in [0.25, 0.3) is 0 Å². The van der Waals surface area contributed by atoms with Crippen molar-refractivity contribution in [2.75, 3.05) is 14.2 Å². The maximum absolute atomic E-state index is 13.2. The van der Waals surface area contributed by atoms with Gasteiger partial charge in [-0.05, 0) is 29.7 Å². The van der Waals surface area contributed by atoms with Crippen LogP contribution in [0.4, 0.5) is 0 Å². The van der Waals surface area contributed by atoms with E-state index < -0.39 is 6.04 Å². The summed E-state index contributed by atoms with van der Waals surface area (Å²) in [5, 5.41) is 3.45. The van der Waals surface area contributed by atoms with Crippen LogP contribution in [0.2, 0.25) is 5.02 Å². The minimum Gasteiger partial charge on any atom is -0.496 e. The Morgan fingerprint density at radius 2 is 1.82 bits per heavy atom. The second-order valence-electron chi connectivity index (χ2n) is 7.16. The van der Waals surface area contributed by atoms with Gasteiger partial charge in [0.25, 0.3) is 0 Å². The highest BCUT2D eigenvalue weighted by atomic mass is 35.5. The Kier molecular flexibility index (Phi) is 7.88. The highest BCUT2D eigenvalue weighted by Crippen LogP contribution is 2.25. The Balaban J connectivity index is 2.23. The average molecular weight is 403 g/mol. The Bertz CT molecular complexity index is 809. The molecule has 0 spiro atoms. The van der Waals surface area contributed by atoms with E-state index in [1.807, 2.05) is 44.2 Å². The standard InChI is InChI=1S/C22H27ClN2O3/c1-15(2)12-20(26)24-21(16-8-6-5-7-9-16)22(27)25(3)14-17-13-18(23)10-11-19(17)28-4/h5-11,13,15,21H,12,14H2,1-4H3,(H,24,26). The zero-order valence-corrected chi connectivity index (χ0v) is 17.5. The maximum atomic E-state index is 13.2. The molecule has 2 aromatic rings. The predicted octanol–water partition coefficient (Wildman–Crippen LogP) is 4.21. The number of carbonyl (C=O) groups is 2. The number of carbonyl (C=O) groups excluding carboxylic acids is 2. The number of nitrogens with zero attached hydrogens (tertiary/aromatic N) is 1. The molecule has 2 aromatic carbocycles. The number of ether oxygens (including phenoxy) is 1. The first-order valence-electron chi connectivity index (χ1n) is 9.23. The summed E-state index contributed by atoms with van der Waals surface area (Å²) < 4.78 is 5.37. The molecule has 6 heteroatoms. The van der Waals surface area contributed by atoms with Gasteiger partial charge in [-0.15, -0.1) is 0 Å². The summed E-state index contributed by atoms with van der Waals surface area (Å²) in [5.41, 5.74) is 1.54. The van der Waals surface area contributed by atoms with Gasteiger partial charge in [0.15, 0.2) is 0 Å². The van der Waals surface area contributed by atoms with Crippen molar-refractivity contribution in [1.82, 2.24) is 10.2 Å². The van der Waals surface area contributed by atoms with Crippen molar-refractivity contribution < 1.29 is 14.3 Å². The van der Waals surface area contributed by atoms with Gasteiger partial charge < -0.3 is 15.0 Å². The van der Waals surface area contributed by atoms with Crippen LogP contribution in [0.3, 0.4) is 0 Å². The quantitative estimate of drug-likeness (QED) is 0.719. The molecule has 1 unspecified atom stereocenters. The Morgan fingerprint density at radius 1 is 1.14 bits per heavy atom. The first kappa shape index (κ1) is 21.8. The van der Waals surface area contributed by atoms with Crippen LogP contribution in [0.15, 0.2) is 48.5 Å². The molecule has 0 radical (unpaired) electrons. The first-order chi connectivity index (χ1) is 13.3. The van der Waals surface area contributed by atoms with Gasteiger partial charge in [-0.2, -0.15) is 0 Å². The summed E-state index contributed by atoms with van der Waals surface area (Å²) in [6.07, 6.45) is 0.364. The lowest BCUT2D eigenvalue weighted by molar-refractivity contribution is -0.136. The summed E-state index contributed by atoms with van der Waals surface area (Å²) in [7, 11) is 3.28. The van der Waals surface area contributed by atoms with Crippen molar-refractivity contribution in [3.05, 3.63) is 64.7 Å². The SMILES string of the molecule is COc1ccc(Cl)cc1CN(C)C(=O)C(NC(=O)CC(C)C)c1ccccc1. The fourth-order valence-corrected chi connectivity index (χ4v) is 3.14. The van der Waals surface area contributed by atoms with Crippen molar-refractivity contribution in [2.45, 2.75) is 32.9 Å². The van der Waals surface area contributed by atoms with Gasteiger partial charge in [0, 0.05) is 30.6 Å². The van der Waals surface area contributed by atoms with Gasteiger partial charge in [-0.3, -0.25) is 9.59 Å². The van der Waals surface area contributed by atoms with Crippen molar-refractivity contribution in [1.29, 1.82) is 0 Å². The number of benzene rings is 2. The molecule has 0 aliphatic rings. The minimum atomic E-state index is -0.748. The Morgan fingerprint density at radius 3 is 2.43 bits per heavy atom. The number of rotatable bonds is 8. The zero-order valence-electron chi connectivity index (χ0n) is 16.7. The second-order valence-corrected chi connectivity index (χ2v) is 7.60. The third kappa shape index (κ3) is 5.99. The molecule has 0 heterocycles. The summed E-state index contributed by atoms with van der Waals surface area (Å²) in [6, 6.07) is 13.8. The van der Waals surface area contributed by atoms with E-state index in [9.17, 15) is 9.59 Å². The van der Waals surface area contributed by atoms with Crippen LogP contribution in [0, 0.1) is 5.92 Å². The zero-order chi connectivity index (χ0) is 20.7. The van der Waals surface area contributed by atoms with E-state index in [2.05, 4.69) is 5.32 Å². The number of likely N-dealkylation sites (N-methyl/N-ethyl adjacent to an activating group) is 1. The molecule has 0 aliphatic carbocycles. The molecule has 0 fully saturated rings. The molecule has 0 aromatic heterocycles. The summed E-state index contributed by atoms with van der Waals surface area (Å²) >= 11 is 6.10. The minimum absolute atomic E-state index is 0.147. The molecule has 1 atom stereocenters. The highest BCUT2D eigenvalue weighted by molar-refractivity contribution is 6.30. The van der Waals surface area contributed by atoms with Crippen molar-refractivity contribution in [3.63, 3.8) is 0 Å². The molecule has 0 saturated carbocycles. The third-order valence-electron chi connectivity index (χ3n) is 4.31. The summed E-state index contributed by atoms with van der Waals surface area (Å²) in [5.74, 6) is 0.514. The summed E-state index contributed by atoms with van der Waals surface area (Å²) in [4.78, 5) is 27.1. The number of methoxy groups -OCH3 is 1. The number of halogens is 1. The lowest BCUT2D eigenvalue weighted by Crippen LogP contribution is -2.41. The average Bonchev–Trinajstić information content (AvgIpc) is 2.66. The largest absolute Gasteiger partial charge is 0.496 e. The molecule has 0 aliphatic heterocycles. The fraction of sp³-hybridized carbons (Fsp3) is 0.364. The second kappa shape index (κ2) is 10.1. The molecule has 2 rings (SSSR count). The van der Waals surface area contributed by atoms with E-state index in [1.165, 1.54) is 0 Å². The van der Waals surface area contributed by atoms with E-state index in [1.54, 1.807) is 37.3 Å². The number of nitrogens with one attached hydrogen (secondary N) is 1. The van der Waals surface area contributed by atoms with Crippen molar-refractivity contribution >= 4 is 23.4 Å². The fourth-order valence-electron chi connectivity index (χ4n) is 2.95. The van der Waals surface area contributed by atoms with E-state index >= 15 is 0 Å². The van der Waals surface area contributed by atoms with Crippen molar-refractivity contribution in [2.24, 2.45) is 5.92 Å². The maximum Gasteiger partial charge on any atom is 0.249 e. The van der Waals surface area contributed by atoms with E-state index in [0.29, 0.717) is 23.7 Å². The van der Waals surface area contributed by atoms with Crippen LogP contribution in [0.5, 0.6) is 5.75 Å². The van der Waals surface area contributed by atoms with Gasteiger partial charge in [-0.25, -0.2) is 0 Å². The summed E-state index contributed by atoms with van der Waals surface area (Å²) in [6.45, 7) is 4.25. The molecular formula is C22H27ClN2O3. The van der Waals surface area contributed by atoms with Crippen LogP contribution in [-0.2, 0) is 16.1 Å². The lowest BCUT2D eigenvalue weighted by atomic mass is 10.0. The molecule has 150 valence electrons. The molecular weight excluding hydrogens is 376 g/mol. The van der Waals surface area contributed by atoms with Gasteiger partial charge >= 0.3 is 0 Å². The van der Waals surface area contributed by atoms with Gasteiger partial charge in [0.05, 0.1) is 7.11 Å².